The topological polar surface area (TPSA) is 69.9 Å². The van der Waals surface area contributed by atoms with E-state index in [-0.39, 0.29) is 5.75 Å². The van der Waals surface area contributed by atoms with Gasteiger partial charge in [-0.15, -0.1) is 0 Å². The molecular weight excluding hydrogens is 380 g/mol. The third kappa shape index (κ3) is 4.74. The fourth-order valence-corrected chi connectivity index (χ4v) is 2.44. The molecule has 0 saturated heterocycles. The van der Waals surface area contributed by atoms with Crippen LogP contribution in [0.25, 0.3) is 0 Å². The number of aromatic nitrogens is 1. The first-order chi connectivity index (χ1) is 12.2. The molecule has 6 heteroatoms. The average Bonchev–Trinajstić information content (AvgIpc) is 2.65. The average molecular weight is 395 g/mol. The maximum absolute atomic E-state index is 9.87. The van der Waals surface area contributed by atoms with Gasteiger partial charge in [0, 0.05) is 16.2 Å². The molecule has 3 aromatic rings. The number of amidine groups is 1. The summed E-state index contributed by atoms with van der Waals surface area (Å²) in [5.74, 6) is 0.658. The van der Waals surface area contributed by atoms with Crippen molar-refractivity contribution >= 4 is 33.7 Å². The predicted molar refractivity (Wildman–Crippen MR) is 103 cm³/mol. The molecule has 0 radical (unpaired) electrons. The van der Waals surface area contributed by atoms with Crippen LogP contribution in [0.2, 0.25) is 0 Å². The van der Waals surface area contributed by atoms with Crippen molar-refractivity contribution in [1.29, 1.82) is 0 Å². The quantitative estimate of drug-likeness (QED) is 0.394. The number of hydrazone groups is 1. The lowest BCUT2D eigenvalue weighted by Gasteiger charge is -2.05. The lowest BCUT2D eigenvalue weighted by atomic mass is 10.2. The van der Waals surface area contributed by atoms with Crippen LogP contribution in [0.1, 0.15) is 11.3 Å². The molecule has 0 unspecified atom stereocenters. The van der Waals surface area contributed by atoms with Crippen molar-refractivity contribution < 1.29 is 5.11 Å². The van der Waals surface area contributed by atoms with Crippen LogP contribution in [0.15, 0.2) is 87.5 Å². The Bertz CT molecular complexity index is 896. The van der Waals surface area contributed by atoms with Crippen molar-refractivity contribution in [2.24, 2.45) is 10.1 Å². The van der Waals surface area contributed by atoms with Crippen molar-refractivity contribution in [3.05, 3.63) is 88.7 Å². The summed E-state index contributed by atoms with van der Waals surface area (Å²) >= 11 is 3.37. The van der Waals surface area contributed by atoms with Gasteiger partial charge in [-0.2, -0.15) is 5.10 Å². The van der Waals surface area contributed by atoms with Crippen LogP contribution in [0.3, 0.4) is 0 Å². The molecular formula is C19H15BrN4O. The second kappa shape index (κ2) is 8.21. The summed E-state index contributed by atoms with van der Waals surface area (Å²) in [4.78, 5) is 8.87. The summed E-state index contributed by atoms with van der Waals surface area (Å²) in [6, 6.07) is 20.3. The standard InChI is InChI=1S/C19H15BrN4O/c20-15-9-10-18(25)14(12-15)13-22-24-19(17-8-4-5-11-21-17)23-16-6-2-1-3-7-16/h1-13,25H,(H,23,24)/b22-13+. The van der Waals surface area contributed by atoms with Crippen LogP contribution < -0.4 is 5.43 Å². The van der Waals surface area contributed by atoms with E-state index in [1.54, 1.807) is 24.4 Å². The molecule has 5 nitrogen and oxygen atoms in total. The Morgan fingerprint density at radius 1 is 1.04 bits per heavy atom. The largest absolute Gasteiger partial charge is 0.507 e. The molecule has 0 amide bonds. The maximum Gasteiger partial charge on any atom is 0.172 e. The number of aromatic hydroxyl groups is 1. The molecule has 1 heterocycles. The van der Waals surface area contributed by atoms with Crippen molar-refractivity contribution in [2.75, 3.05) is 0 Å². The Morgan fingerprint density at radius 2 is 1.84 bits per heavy atom. The summed E-state index contributed by atoms with van der Waals surface area (Å²) < 4.78 is 0.856. The highest BCUT2D eigenvalue weighted by Crippen LogP contribution is 2.20. The molecule has 0 aliphatic heterocycles. The van der Waals surface area contributed by atoms with E-state index in [0.717, 1.165) is 10.2 Å². The van der Waals surface area contributed by atoms with Gasteiger partial charge in [0.05, 0.1) is 11.9 Å². The molecule has 0 aliphatic rings. The summed E-state index contributed by atoms with van der Waals surface area (Å²) in [5.41, 5.74) is 4.95. The number of aliphatic imine (C=N–C) groups is 1. The van der Waals surface area contributed by atoms with Crippen LogP contribution >= 0.6 is 15.9 Å². The van der Waals surface area contributed by atoms with Crippen LogP contribution in [0.5, 0.6) is 5.75 Å². The van der Waals surface area contributed by atoms with Crippen LogP contribution in [-0.4, -0.2) is 22.1 Å². The highest BCUT2D eigenvalue weighted by atomic mass is 79.9. The molecule has 0 atom stereocenters. The van der Waals surface area contributed by atoms with Gasteiger partial charge >= 0.3 is 0 Å². The molecule has 2 N–H and O–H groups in total. The van der Waals surface area contributed by atoms with Gasteiger partial charge in [0.15, 0.2) is 5.84 Å². The highest BCUT2D eigenvalue weighted by Gasteiger charge is 2.04. The number of phenols is 1. The van der Waals surface area contributed by atoms with E-state index in [9.17, 15) is 5.11 Å². The van der Waals surface area contributed by atoms with Gasteiger partial charge in [-0.1, -0.05) is 40.2 Å². The Morgan fingerprint density at radius 3 is 2.60 bits per heavy atom. The third-order valence-electron chi connectivity index (χ3n) is 3.27. The third-order valence-corrected chi connectivity index (χ3v) is 3.76. The first-order valence-corrected chi connectivity index (χ1v) is 8.34. The summed E-state index contributed by atoms with van der Waals surface area (Å²) in [7, 11) is 0. The monoisotopic (exact) mass is 394 g/mol. The van der Waals surface area contributed by atoms with Crippen molar-refractivity contribution in [2.45, 2.75) is 0 Å². The number of rotatable bonds is 4. The van der Waals surface area contributed by atoms with E-state index in [0.29, 0.717) is 17.1 Å². The number of nitrogens with zero attached hydrogens (tertiary/aromatic N) is 3. The van der Waals surface area contributed by atoms with Gasteiger partial charge in [-0.3, -0.25) is 10.4 Å². The van der Waals surface area contributed by atoms with Gasteiger partial charge in [-0.25, -0.2) is 4.99 Å². The van der Waals surface area contributed by atoms with E-state index in [1.807, 2.05) is 48.5 Å². The number of halogens is 1. The Kier molecular flexibility index (Phi) is 5.53. The number of para-hydroxylation sites is 1. The van der Waals surface area contributed by atoms with Gasteiger partial charge in [-0.05, 0) is 42.5 Å². The van der Waals surface area contributed by atoms with E-state index >= 15 is 0 Å². The Hall–Kier alpha value is -2.99. The summed E-state index contributed by atoms with van der Waals surface area (Å²) in [6.07, 6.45) is 3.23. The minimum atomic E-state index is 0.146. The molecule has 0 aliphatic carbocycles. The first-order valence-electron chi connectivity index (χ1n) is 7.55. The van der Waals surface area contributed by atoms with Crippen molar-refractivity contribution in [1.82, 2.24) is 10.4 Å². The lowest BCUT2D eigenvalue weighted by molar-refractivity contribution is 0.474. The smallest absolute Gasteiger partial charge is 0.172 e. The second-order valence-corrected chi connectivity index (χ2v) is 6.00. The molecule has 0 bridgehead atoms. The van der Waals surface area contributed by atoms with Crippen LogP contribution in [0, 0.1) is 0 Å². The zero-order chi connectivity index (χ0) is 17.5. The summed E-state index contributed by atoms with van der Waals surface area (Å²) in [6.45, 7) is 0. The Labute approximate surface area is 153 Å². The minimum absolute atomic E-state index is 0.146. The van der Waals surface area contributed by atoms with E-state index in [4.69, 9.17) is 0 Å². The zero-order valence-electron chi connectivity index (χ0n) is 13.2. The molecule has 25 heavy (non-hydrogen) atoms. The van der Waals surface area contributed by atoms with Crippen LogP contribution in [-0.2, 0) is 0 Å². The molecule has 124 valence electrons. The normalized spacial score (nSPS) is 11.6. The van der Waals surface area contributed by atoms with Gasteiger partial charge in [0.1, 0.15) is 11.4 Å². The van der Waals surface area contributed by atoms with Gasteiger partial charge in [0.2, 0.25) is 0 Å². The summed E-state index contributed by atoms with van der Waals surface area (Å²) in [5, 5.41) is 14.1. The molecule has 1 aromatic heterocycles. The Balaban J connectivity index is 1.87. The number of hydrogen-bond donors (Lipinski definition) is 2. The maximum atomic E-state index is 9.87. The number of hydrogen-bond acceptors (Lipinski definition) is 4. The zero-order valence-corrected chi connectivity index (χ0v) is 14.8. The van der Waals surface area contributed by atoms with Gasteiger partial charge in [0.25, 0.3) is 0 Å². The molecule has 3 rings (SSSR count). The fourth-order valence-electron chi connectivity index (χ4n) is 2.07. The number of pyridine rings is 1. The number of phenolic OH excluding ortho intramolecular Hbond substituents is 1. The molecule has 0 fully saturated rings. The predicted octanol–water partition coefficient (Wildman–Crippen LogP) is 4.25. The lowest BCUT2D eigenvalue weighted by Crippen LogP contribution is -2.20. The van der Waals surface area contributed by atoms with E-state index in [1.165, 1.54) is 6.21 Å². The first kappa shape index (κ1) is 16.9. The SMILES string of the molecule is Oc1ccc(Br)cc1/C=N/NC(=Nc1ccccc1)c1ccccn1. The van der Waals surface area contributed by atoms with Crippen molar-refractivity contribution in [3.63, 3.8) is 0 Å². The number of nitrogens with one attached hydrogen (secondary N) is 1. The fraction of sp³-hybridized carbons (Fsp3) is 0. The van der Waals surface area contributed by atoms with E-state index in [2.05, 4.69) is 36.4 Å². The highest BCUT2D eigenvalue weighted by molar-refractivity contribution is 9.10. The number of benzene rings is 2. The molecule has 0 spiro atoms. The van der Waals surface area contributed by atoms with Crippen molar-refractivity contribution in [3.8, 4) is 5.75 Å². The van der Waals surface area contributed by atoms with E-state index < -0.39 is 0 Å². The minimum Gasteiger partial charge on any atom is -0.507 e. The van der Waals surface area contributed by atoms with Crippen LogP contribution in [0.4, 0.5) is 5.69 Å². The van der Waals surface area contributed by atoms with Gasteiger partial charge < -0.3 is 5.11 Å². The second-order valence-electron chi connectivity index (χ2n) is 5.08. The molecule has 0 saturated carbocycles. The molecule has 2 aromatic carbocycles.